The van der Waals surface area contributed by atoms with Gasteiger partial charge in [-0.15, -0.1) is 0 Å². The molecule has 44 heavy (non-hydrogen) atoms. The number of aromatic nitrogens is 6. The topological polar surface area (TPSA) is 126 Å². The molecule has 4 aliphatic rings. The molecule has 3 aliphatic heterocycles. The highest BCUT2D eigenvalue weighted by molar-refractivity contribution is 5.85. The Labute approximate surface area is 254 Å². The zero-order valence-electron chi connectivity index (χ0n) is 24.1. The lowest BCUT2D eigenvalue weighted by atomic mass is 9.86. The normalized spacial score (nSPS) is 19.4. The van der Waals surface area contributed by atoms with Crippen LogP contribution in [0.25, 0.3) is 33.8 Å². The number of benzene rings is 1. The van der Waals surface area contributed by atoms with Gasteiger partial charge in [-0.25, -0.2) is 24.9 Å². The van der Waals surface area contributed by atoms with E-state index in [-0.39, 0.29) is 5.82 Å². The fraction of sp³-hybridized carbons (Fsp3) is 0.235. The van der Waals surface area contributed by atoms with E-state index in [0.29, 0.717) is 17.9 Å². The second-order valence-corrected chi connectivity index (χ2v) is 11.5. The minimum atomic E-state index is 0.216. The summed E-state index contributed by atoms with van der Waals surface area (Å²) in [6.07, 6.45) is 13.2. The second-order valence-electron chi connectivity index (χ2n) is 11.5. The molecular weight excluding hydrogens is 548 g/mol. The number of nitrogens with two attached hydrogens (primary N) is 1. The second kappa shape index (κ2) is 10.7. The molecule has 2 bridgehead atoms. The van der Waals surface area contributed by atoms with Crippen molar-refractivity contribution in [2.75, 3.05) is 23.7 Å². The molecule has 1 aliphatic carbocycles. The third kappa shape index (κ3) is 4.58. The van der Waals surface area contributed by atoms with Crippen molar-refractivity contribution in [3.8, 4) is 23.1 Å². The summed E-state index contributed by atoms with van der Waals surface area (Å²) in [4.78, 5) is 27.7. The van der Waals surface area contributed by atoms with Crippen LogP contribution in [0.4, 0.5) is 11.6 Å². The lowest BCUT2D eigenvalue weighted by Crippen LogP contribution is -2.68. The van der Waals surface area contributed by atoms with Gasteiger partial charge in [0, 0.05) is 49.8 Å². The molecule has 2 unspecified atom stereocenters. The Morgan fingerprint density at radius 2 is 1.77 bits per heavy atom. The molecule has 0 amide bonds. The number of nitrogen functional groups attached to an aromatic ring is 1. The minimum absolute atomic E-state index is 0.216. The number of rotatable bonds is 6. The number of allylic oxidation sites excluding steroid dienone is 4. The molecule has 10 nitrogen and oxygen atoms in total. The van der Waals surface area contributed by atoms with Crippen LogP contribution in [0.3, 0.4) is 0 Å². The third-order valence-corrected chi connectivity index (χ3v) is 8.84. The molecular formula is C34H30N10. The van der Waals surface area contributed by atoms with E-state index in [0.717, 1.165) is 77.8 Å². The van der Waals surface area contributed by atoms with E-state index in [2.05, 4.69) is 71.8 Å². The van der Waals surface area contributed by atoms with Crippen molar-refractivity contribution in [1.82, 2.24) is 34.4 Å². The van der Waals surface area contributed by atoms with Gasteiger partial charge in [0.15, 0.2) is 11.5 Å². The lowest BCUT2D eigenvalue weighted by molar-refractivity contribution is -0.00869. The van der Waals surface area contributed by atoms with E-state index in [1.807, 2.05) is 36.4 Å². The van der Waals surface area contributed by atoms with Gasteiger partial charge in [-0.05, 0) is 72.9 Å². The Morgan fingerprint density at radius 1 is 0.909 bits per heavy atom. The predicted octanol–water partition coefficient (Wildman–Crippen LogP) is 4.92. The summed E-state index contributed by atoms with van der Waals surface area (Å²) in [6.45, 7) is 2.67. The Balaban J connectivity index is 1.08. The zero-order chi connectivity index (χ0) is 29.6. The molecule has 2 atom stereocenters. The molecule has 0 saturated carbocycles. The first-order valence-electron chi connectivity index (χ1n) is 15.0. The quantitative estimate of drug-likeness (QED) is 0.299. The molecule has 216 valence electrons. The summed E-state index contributed by atoms with van der Waals surface area (Å²) < 4.78 is 2.09. The maximum absolute atomic E-state index is 9.19. The number of nitriles is 1. The number of piperidine rings is 1. The number of pyridine rings is 2. The van der Waals surface area contributed by atoms with Gasteiger partial charge in [0.2, 0.25) is 5.82 Å². The van der Waals surface area contributed by atoms with Gasteiger partial charge in [0.1, 0.15) is 23.2 Å². The third-order valence-electron chi connectivity index (χ3n) is 8.84. The summed E-state index contributed by atoms with van der Waals surface area (Å²) >= 11 is 0. The summed E-state index contributed by atoms with van der Waals surface area (Å²) in [5, 5.41) is 9.19. The van der Waals surface area contributed by atoms with Crippen LogP contribution in [0.2, 0.25) is 0 Å². The van der Waals surface area contributed by atoms with Crippen LogP contribution in [0.1, 0.15) is 36.3 Å². The van der Waals surface area contributed by atoms with Crippen LogP contribution in [0, 0.1) is 11.3 Å². The van der Waals surface area contributed by atoms with Crippen molar-refractivity contribution in [2.24, 2.45) is 0 Å². The number of hydrogen-bond acceptors (Lipinski definition) is 9. The zero-order valence-corrected chi connectivity index (χ0v) is 24.1. The fourth-order valence-corrected chi connectivity index (χ4v) is 6.63. The van der Waals surface area contributed by atoms with Gasteiger partial charge in [-0.1, -0.05) is 30.4 Å². The molecule has 0 radical (unpaired) electrons. The van der Waals surface area contributed by atoms with Crippen LogP contribution in [-0.2, 0) is 6.54 Å². The first kappa shape index (κ1) is 26.2. The van der Waals surface area contributed by atoms with E-state index in [1.54, 1.807) is 12.4 Å². The first-order chi connectivity index (χ1) is 21.6. The van der Waals surface area contributed by atoms with Gasteiger partial charge < -0.3 is 10.6 Å². The maximum Gasteiger partial charge on any atom is 0.234 e. The molecule has 2 N–H and O–H groups in total. The van der Waals surface area contributed by atoms with Crippen molar-refractivity contribution >= 4 is 28.4 Å². The summed E-state index contributed by atoms with van der Waals surface area (Å²) in [5.74, 6) is 2.20. The van der Waals surface area contributed by atoms with Crippen molar-refractivity contribution in [1.29, 1.82) is 5.26 Å². The van der Waals surface area contributed by atoms with E-state index >= 15 is 0 Å². The highest BCUT2D eigenvalue weighted by Gasteiger charge is 2.44. The fourth-order valence-electron chi connectivity index (χ4n) is 6.63. The molecule has 4 aromatic heterocycles. The number of nitrogens with zero attached hydrogens (tertiary/aromatic N) is 9. The Hall–Kier alpha value is -5.40. The van der Waals surface area contributed by atoms with Crippen molar-refractivity contribution in [3.63, 3.8) is 0 Å². The molecule has 5 aromatic rings. The Bertz CT molecular complexity index is 1970. The summed E-state index contributed by atoms with van der Waals surface area (Å²) in [6, 6.07) is 21.4. The van der Waals surface area contributed by atoms with Crippen LogP contribution in [-0.4, -0.2) is 59.6 Å². The maximum atomic E-state index is 9.19. The van der Waals surface area contributed by atoms with Crippen molar-refractivity contribution in [3.05, 3.63) is 102 Å². The predicted molar refractivity (Wildman–Crippen MR) is 170 cm³/mol. The average Bonchev–Trinajstić information content (AvgIpc) is 3.46. The summed E-state index contributed by atoms with van der Waals surface area (Å²) in [5.41, 5.74) is 13.0. The highest BCUT2D eigenvalue weighted by atomic mass is 15.4. The largest absolute Gasteiger partial charge is 0.383 e. The summed E-state index contributed by atoms with van der Waals surface area (Å²) in [7, 11) is 0. The van der Waals surface area contributed by atoms with Gasteiger partial charge in [-0.2, -0.15) is 5.26 Å². The average molecular weight is 579 g/mol. The molecule has 0 spiro atoms. The van der Waals surface area contributed by atoms with Crippen LogP contribution in [0.5, 0.6) is 0 Å². The number of fused-ring (bicyclic) bond motifs is 3. The molecule has 3 fully saturated rings. The van der Waals surface area contributed by atoms with Crippen molar-refractivity contribution < 1.29 is 0 Å². The van der Waals surface area contributed by atoms with Crippen LogP contribution < -0.4 is 10.6 Å². The monoisotopic (exact) mass is 578 g/mol. The smallest absolute Gasteiger partial charge is 0.234 e. The SMILES string of the molecule is N#Cc1nccc(N2CC3CC(C2)N3Cc2ccc(-n3c(-c4cccnc4N)nc4ccc(C5=CCCC=C5)nc43)cc2)n1. The van der Waals surface area contributed by atoms with Crippen molar-refractivity contribution in [2.45, 2.75) is 37.9 Å². The van der Waals surface area contributed by atoms with Crippen LogP contribution in [0.15, 0.2) is 85.2 Å². The Morgan fingerprint density at radius 3 is 2.55 bits per heavy atom. The molecule has 3 saturated heterocycles. The highest BCUT2D eigenvalue weighted by Crippen LogP contribution is 2.36. The van der Waals surface area contributed by atoms with Gasteiger partial charge >= 0.3 is 0 Å². The molecule has 9 rings (SSSR count). The van der Waals surface area contributed by atoms with E-state index in [1.165, 1.54) is 12.0 Å². The molecule has 1 aromatic carbocycles. The van der Waals surface area contributed by atoms with Crippen LogP contribution >= 0.6 is 0 Å². The molecule has 10 heteroatoms. The van der Waals surface area contributed by atoms with Gasteiger partial charge in [0.25, 0.3) is 0 Å². The standard InChI is InChI=1S/C34H30N10/c35-18-30-37-16-14-31(41-30)42-20-25-17-26(21-42)43(25)19-22-8-10-24(11-9-22)44-33(27-7-4-15-38-32(27)36)40-29-13-12-28(39-34(29)44)23-5-2-1-3-6-23/h2,4-16,25-26H,1,3,17,19-21H2,(H2,36,38). The molecule has 7 heterocycles. The van der Waals surface area contributed by atoms with E-state index in [9.17, 15) is 5.26 Å². The number of piperazine rings is 1. The first-order valence-corrected chi connectivity index (χ1v) is 15.0. The number of hydrogen-bond donors (Lipinski definition) is 1. The number of anilines is 2. The van der Waals surface area contributed by atoms with E-state index < -0.39 is 0 Å². The Kier molecular flexibility index (Phi) is 6.38. The minimum Gasteiger partial charge on any atom is -0.383 e. The lowest BCUT2D eigenvalue weighted by Gasteiger charge is -2.56. The number of imidazole rings is 1. The van der Waals surface area contributed by atoms with Gasteiger partial charge in [0.05, 0.1) is 11.3 Å². The van der Waals surface area contributed by atoms with Gasteiger partial charge in [-0.3, -0.25) is 9.47 Å². The van der Waals surface area contributed by atoms with E-state index in [4.69, 9.17) is 15.7 Å².